The largest absolute Gasteiger partial charge is 0.493 e. The summed E-state index contributed by atoms with van der Waals surface area (Å²) in [6.45, 7) is 6.33. The van der Waals surface area contributed by atoms with Gasteiger partial charge in [0.2, 0.25) is 0 Å². The number of thioether (sulfide) groups is 1. The number of methoxy groups -OCH3 is 1. The average Bonchev–Trinajstić information content (AvgIpc) is 3.20. The van der Waals surface area contributed by atoms with Gasteiger partial charge in [-0.15, -0.1) is 0 Å². The van der Waals surface area contributed by atoms with E-state index in [1.54, 1.807) is 36.4 Å². The third-order valence-electron chi connectivity index (χ3n) is 6.14. The summed E-state index contributed by atoms with van der Waals surface area (Å²) >= 11 is 0.884. The lowest BCUT2D eigenvalue weighted by Crippen LogP contribution is -2.32. The number of anilines is 1. The molecule has 1 aliphatic rings. The molecule has 40 heavy (non-hydrogen) atoms. The van der Waals surface area contributed by atoms with Gasteiger partial charge in [-0.25, -0.2) is 0 Å². The highest BCUT2D eigenvalue weighted by atomic mass is 32.2. The van der Waals surface area contributed by atoms with Gasteiger partial charge in [0, 0.05) is 5.69 Å². The summed E-state index contributed by atoms with van der Waals surface area (Å²) in [7, 11) is 1.49. The van der Waals surface area contributed by atoms with Crippen molar-refractivity contribution in [1.29, 1.82) is 0 Å². The maximum absolute atomic E-state index is 13.0. The number of amides is 3. The zero-order chi connectivity index (χ0) is 28.6. The van der Waals surface area contributed by atoms with Gasteiger partial charge >= 0.3 is 0 Å². The molecular formula is C31H32N2O6S. The highest BCUT2D eigenvalue weighted by Crippen LogP contribution is 2.35. The van der Waals surface area contributed by atoms with Crippen molar-refractivity contribution in [2.75, 3.05) is 32.2 Å². The molecule has 1 heterocycles. The highest BCUT2D eigenvalue weighted by Gasteiger charge is 2.35. The zero-order valence-electron chi connectivity index (χ0n) is 22.9. The SMILES string of the molecule is COc1cc(/C=C2\SC(=O)N(CCOc3cc(C)ccc3C(C)C)C2=O)ccc1OCC(=O)Nc1ccccc1. The minimum absolute atomic E-state index is 0.147. The Hall–Kier alpha value is -4.24. The topological polar surface area (TPSA) is 94.2 Å². The number of carbonyl (C=O) groups is 3. The van der Waals surface area contributed by atoms with Crippen molar-refractivity contribution < 1.29 is 28.6 Å². The van der Waals surface area contributed by atoms with Gasteiger partial charge in [-0.05, 0) is 77.7 Å². The van der Waals surface area contributed by atoms with Gasteiger partial charge < -0.3 is 19.5 Å². The van der Waals surface area contributed by atoms with Crippen molar-refractivity contribution in [3.63, 3.8) is 0 Å². The van der Waals surface area contributed by atoms with E-state index in [4.69, 9.17) is 14.2 Å². The Bertz CT molecular complexity index is 1420. The van der Waals surface area contributed by atoms with Crippen molar-refractivity contribution >= 4 is 40.6 Å². The van der Waals surface area contributed by atoms with Gasteiger partial charge in [0.1, 0.15) is 12.4 Å². The molecule has 0 unspecified atom stereocenters. The Labute approximate surface area is 238 Å². The second-order valence-corrected chi connectivity index (χ2v) is 10.5. The normalized spacial score (nSPS) is 14.1. The molecular weight excluding hydrogens is 528 g/mol. The molecule has 1 N–H and O–H groups in total. The highest BCUT2D eigenvalue weighted by molar-refractivity contribution is 8.18. The molecule has 0 atom stereocenters. The second kappa shape index (κ2) is 13.2. The summed E-state index contributed by atoms with van der Waals surface area (Å²) in [6, 6.07) is 20.2. The lowest BCUT2D eigenvalue weighted by Gasteiger charge is -2.17. The summed E-state index contributed by atoms with van der Waals surface area (Å²) in [5, 5.41) is 2.41. The fourth-order valence-corrected chi connectivity index (χ4v) is 4.95. The van der Waals surface area contributed by atoms with E-state index in [2.05, 4.69) is 19.2 Å². The van der Waals surface area contributed by atoms with Crippen molar-refractivity contribution in [2.45, 2.75) is 26.7 Å². The van der Waals surface area contributed by atoms with E-state index in [1.165, 1.54) is 12.0 Å². The van der Waals surface area contributed by atoms with Crippen LogP contribution in [-0.2, 0) is 9.59 Å². The van der Waals surface area contributed by atoms with Crippen molar-refractivity contribution in [3.8, 4) is 17.2 Å². The van der Waals surface area contributed by atoms with Crippen LogP contribution in [0.3, 0.4) is 0 Å². The van der Waals surface area contributed by atoms with Crippen LogP contribution < -0.4 is 19.5 Å². The van der Waals surface area contributed by atoms with Gasteiger partial charge in [0.05, 0.1) is 18.6 Å². The van der Waals surface area contributed by atoms with Crippen LogP contribution in [0.5, 0.6) is 17.2 Å². The van der Waals surface area contributed by atoms with E-state index in [-0.39, 0.29) is 42.7 Å². The fourth-order valence-electron chi connectivity index (χ4n) is 4.09. The van der Waals surface area contributed by atoms with Gasteiger partial charge in [-0.3, -0.25) is 19.3 Å². The van der Waals surface area contributed by atoms with Crippen LogP contribution in [-0.4, -0.2) is 48.8 Å². The van der Waals surface area contributed by atoms with Crippen LogP contribution in [0.25, 0.3) is 6.08 Å². The average molecular weight is 561 g/mol. The Morgan fingerprint density at radius 2 is 1.75 bits per heavy atom. The molecule has 0 bridgehead atoms. The van der Waals surface area contributed by atoms with E-state index in [9.17, 15) is 14.4 Å². The van der Waals surface area contributed by atoms with E-state index < -0.39 is 0 Å². The number of imide groups is 1. The van der Waals surface area contributed by atoms with Crippen molar-refractivity contribution in [2.24, 2.45) is 0 Å². The summed E-state index contributed by atoms with van der Waals surface area (Å²) in [5.41, 5.74) is 3.49. The van der Waals surface area contributed by atoms with Crippen LogP contribution in [0, 0.1) is 6.92 Å². The minimum Gasteiger partial charge on any atom is -0.493 e. The fraction of sp³-hybridized carbons (Fsp3) is 0.258. The van der Waals surface area contributed by atoms with Gasteiger partial charge in [-0.1, -0.05) is 50.2 Å². The number of nitrogens with zero attached hydrogens (tertiary/aromatic N) is 1. The molecule has 3 amide bonds. The number of para-hydroxylation sites is 1. The first-order valence-corrected chi connectivity index (χ1v) is 13.7. The third-order valence-corrected chi connectivity index (χ3v) is 7.05. The Kier molecular flexibility index (Phi) is 9.50. The maximum Gasteiger partial charge on any atom is 0.293 e. The predicted molar refractivity (Wildman–Crippen MR) is 157 cm³/mol. The standard InChI is InChI=1S/C31H32N2O6S/c1-20(2)24-12-10-21(3)16-26(24)38-15-14-33-30(35)28(40-31(33)36)18-22-11-13-25(27(17-22)37-4)39-19-29(34)32-23-8-6-5-7-9-23/h5-13,16-18,20H,14-15,19H2,1-4H3,(H,32,34)/b28-18-. The number of benzene rings is 3. The van der Waals surface area contributed by atoms with Crippen LogP contribution in [0.15, 0.2) is 71.6 Å². The Balaban J connectivity index is 1.37. The molecule has 1 aliphatic heterocycles. The molecule has 1 fully saturated rings. The van der Waals surface area contributed by atoms with E-state index >= 15 is 0 Å². The monoisotopic (exact) mass is 560 g/mol. The minimum atomic E-state index is -0.371. The van der Waals surface area contributed by atoms with Crippen LogP contribution >= 0.6 is 11.8 Å². The van der Waals surface area contributed by atoms with Crippen molar-refractivity contribution in [3.05, 3.63) is 88.3 Å². The van der Waals surface area contributed by atoms with E-state index in [0.717, 1.165) is 28.6 Å². The molecule has 9 heteroatoms. The maximum atomic E-state index is 13.0. The zero-order valence-corrected chi connectivity index (χ0v) is 23.7. The molecule has 3 aromatic rings. The first kappa shape index (κ1) is 28.8. The molecule has 0 aliphatic carbocycles. The van der Waals surface area contributed by atoms with E-state index in [1.807, 2.05) is 43.3 Å². The van der Waals surface area contributed by atoms with Gasteiger partial charge in [-0.2, -0.15) is 0 Å². The van der Waals surface area contributed by atoms with Gasteiger partial charge in [0.15, 0.2) is 18.1 Å². The number of ether oxygens (including phenoxy) is 3. The lowest BCUT2D eigenvalue weighted by molar-refractivity contribution is -0.123. The number of rotatable bonds is 11. The van der Waals surface area contributed by atoms with Crippen molar-refractivity contribution in [1.82, 2.24) is 4.90 Å². The number of hydrogen-bond donors (Lipinski definition) is 1. The Morgan fingerprint density at radius 1 is 0.975 bits per heavy atom. The smallest absolute Gasteiger partial charge is 0.293 e. The summed E-state index contributed by atoms with van der Waals surface area (Å²) in [6.07, 6.45) is 1.64. The first-order chi connectivity index (χ1) is 19.2. The number of nitrogens with one attached hydrogen (secondary N) is 1. The first-order valence-electron chi connectivity index (χ1n) is 12.9. The molecule has 3 aromatic carbocycles. The Morgan fingerprint density at radius 3 is 2.48 bits per heavy atom. The number of hydrogen-bond acceptors (Lipinski definition) is 7. The molecule has 8 nitrogen and oxygen atoms in total. The molecule has 0 spiro atoms. The summed E-state index contributed by atoms with van der Waals surface area (Å²) in [5.74, 6) is 1.15. The lowest BCUT2D eigenvalue weighted by atomic mass is 10.0. The quantitative estimate of drug-likeness (QED) is 0.277. The number of aryl methyl sites for hydroxylation is 1. The molecule has 4 rings (SSSR count). The molecule has 0 radical (unpaired) electrons. The number of carbonyl (C=O) groups excluding carboxylic acids is 3. The predicted octanol–water partition coefficient (Wildman–Crippen LogP) is 6.26. The van der Waals surface area contributed by atoms with E-state index in [0.29, 0.717) is 27.7 Å². The summed E-state index contributed by atoms with van der Waals surface area (Å²) in [4.78, 5) is 39.3. The molecule has 0 saturated carbocycles. The third kappa shape index (κ3) is 7.24. The van der Waals surface area contributed by atoms with Crippen LogP contribution in [0.1, 0.15) is 36.5 Å². The summed E-state index contributed by atoms with van der Waals surface area (Å²) < 4.78 is 17.0. The molecule has 1 saturated heterocycles. The second-order valence-electron chi connectivity index (χ2n) is 9.49. The molecule has 208 valence electrons. The van der Waals surface area contributed by atoms with Crippen LogP contribution in [0.4, 0.5) is 10.5 Å². The molecule has 0 aromatic heterocycles. The van der Waals surface area contributed by atoms with Crippen LogP contribution in [0.2, 0.25) is 0 Å². The van der Waals surface area contributed by atoms with Gasteiger partial charge in [0.25, 0.3) is 17.1 Å².